The minimum Gasteiger partial charge on any atom is -0.348 e. The van der Waals surface area contributed by atoms with Crippen molar-refractivity contribution < 1.29 is 9.59 Å². The van der Waals surface area contributed by atoms with Crippen LogP contribution in [0.15, 0.2) is 54.7 Å². The van der Waals surface area contributed by atoms with Crippen LogP contribution in [0.1, 0.15) is 31.1 Å². The Kier molecular flexibility index (Phi) is 5.03. The van der Waals surface area contributed by atoms with Crippen molar-refractivity contribution in [3.8, 4) is 0 Å². The third kappa shape index (κ3) is 3.82. The molecule has 0 spiro atoms. The van der Waals surface area contributed by atoms with Crippen molar-refractivity contribution in [3.63, 3.8) is 0 Å². The minimum atomic E-state index is -0.558. The number of rotatable bonds is 4. The number of carbonyl (C=O) groups is 2. The Bertz CT molecular complexity index is 779. The van der Waals surface area contributed by atoms with Crippen LogP contribution in [0.5, 0.6) is 0 Å². The van der Waals surface area contributed by atoms with E-state index in [0.29, 0.717) is 6.54 Å². The smallest absolute Gasteiger partial charge is 0.245 e. The molecule has 2 atom stereocenters. The molecular weight excluding hydrogens is 314 g/mol. The number of hydrogen-bond donors (Lipinski definition) is 1. The number of amides is 2. The van der Waals surface area contributed by atoms with Gasteiger partial charge in [0.15, 0.2) is 0 Å². The Labute approximate surface area is 147 Å². The molecule has 2 heterocycles. The Morgan fingerprint density at radius 1 is 1.16 bits per heavy atom. The molecule has 5 nitrogen and oxygen atoms in total. The second-order valence-electron chi connectivity index (χ2n) is 6.31. The molecule has 1 aliphatic rings. The Morgan fingerprint density at radius 2 is 1.92 bits per heavy atom. The molecule has 0 fully saturated rings. The molecule has 3 rings (SSSR count). The van der Waals surface area contributed by atoms with E-state index in [1.54, 1.807) is 13.0 Å². The summed E-state index contributed by atoms with van der Waals surface area (Å²) in [6.07, 6.45) is 5.24. The molecule has 0 saturated carbocycles. The third-order valence-electron chi connectivity index (χ3n) is 4.58. The van der Waals surface area contributed by atoms with Gasteiger partial charge in [-0.05, 0) is 37.6 Å². The predicted octanol–water partition coefficient (Wildman–Crippen LogP) is 2.61. The lowest BCUT2D eigenvalue weighted by atomic mass is 10.1. The average Bonchev–Trinajstić information content (AvgIpc) is 3.10. The van der Waals surface area contributed by atoms with E-state index in [1.807, 2.05) is 60.5 Å². The van der Waals surface area contributed by atoms with Gasteiger partial charge in [-0.1, -0.05) is 30.3 Å². The maximum atomic E-state index is 12.7. The summed E-state index contributed by atoms with van der Waals surface area (Å²) < 4.78 is 2.17. The summed E-state index contributed by atoms with van der Waals surface area (Å²) in [5.41, 5.74) is 2.07. The van der Waals surface area contributed by atoms with Crippen LogP contribution in [0.2, 0.25) is 0 Å². The summed E-state index contributed by atoms with van der Waals surface area (Å²) in [6, 6.07) is 13.1. The van der Waals surface area contributed by atoms with E-state index in [2.05, 4.69) is 9.88 Å². The molecule has 1 N–H and O–H groups in total. The van der Waals surface area contributed by atoms with E-state index in [4.69, 9.17) is 0 Å². The van der Waals surface area contributed by atoms with Crippen LogP contribution in [0, 0.1) is 0 Å². The lowest BCUT2D eigenvalue weighted by Gasteiger charge is -2.36. The van der Waals surface area contributed by atoms with Gasteiger partial charge in [-0.15, -0.1) is 0 Å². The summed E-state index contributed by atoms with van der Waals surface area (Å²) in [6.45, 7) is 5.19. The largest absolute Gasteiger partial charge is 0.348 e. The standard InChI is InChI=1S/C20H23N3O2/c1-15(21-19(24)11-10-17-7-4-3-5-8-17)20(25)23-14-13-22-12-6-9-18(22)16(23)2/h3-12,15-16H,13-14H2,1-2H3,(H,21,24)/b11-10-/t15-,16+/m0/s1. The number of aromatic nitrogens is 1. The summed E-state index contributed by atoms with van der Waals surface area (Å²) in [5, 5.41) is 2.76. The Hall–Kier alpha value is -2.82. The molecule has 2 aromatic rings. The van der Waals surface area contributed by atoms with Crippen molar-refractivity contribution >= 4 is 17.9 Å². The minimum absolute atomic E-state index is 0.00969. The molecule has 0 aliphatic carbocycles. The van der Waals surface area contributed by atoms with Crippen molar-refractivity contribution in [1.82, 2.24) is 14.8 Å². The predicted molar refractivity (Wildman–Crippen MR) is 97.6 cm³/mol. The van der Waals surface area contributed by atoms with Gasteiger partial charge in [-0.3, -0.25) is 9.59 Å². The van der Waals surface area contributed by atoms with E-state index >= 15 is 0 Å². The second kappa shape index (κ2) is 7.38. The fourth-order valence-corrected chi connectivity index (χ4v) is 3.19. The number of hydrogen-bond acceptors (Lipinski definition) is 2. The number of nitrogens with zero attached hydrogens (tertiary/aromatic N) is 2. The number of benzene rings is 1. The molecule has 0 saturated heterocycles. The fourth-order valence-electron chi connectivity index (χ4n) is 3.19. The number of fused-ring (bicyclic) bond motifs is 1. The quantitative estimate of drug-likeness (QED) is 0.872. The molecule has 0 bridgehead atoms. The van der Waals surface area contributed by atoms with Crippen LogP contribution in [0.4, 0.5) is 0 Å². The second-order valence-corrected chi connectivity index (χ2v) is 6.31. The Morgan fingerprint density at radius 3 is 2.68 bits per heavy atom. The first kappa shape index (κ1) is 17.0. The van der Waals surface area contributed by atoms with Crippen LogP contribution in [0.3, 0.4) is 0 Å². The zero-order chi connectivity index (χ0) is 17.8. The van der Waals surface area contributed by atoms with Crippen LogP contribution in [0.25, 0.3) is 6.08 Å². The van der Waals surface area contributed by atoms with E-state index in [9.17, 15) is 9.59 Å². The normalized spacial score (nSPS) is 18.0. The third-order valence-corrected chi connectivity index (χ3v) is 4.58. The fraction of sp³-hybridized carbons (Fsp3) is 0.300. The summed E-state index contributed by atoms with van der Waals surface area (Å²) >= 11 is 0. The van der Waals surface area contributed by atoms with Gasteiger partial charge in [0.25, 0.3) is 0 Å². The van der Waals surface area contributed by atoms with Gasteiger partial charge >= 0.3 is 0 Å². The zero-order valence-corrected chi connectivity index (χ0v) is 14.6. The van der Waals surface area contributed by atoms with Crippen molar-refractivity contribution in [2.45, 2.75) is 32.5 Å². The van der Waals surface area contributed by atoms with Crippen molar-refractivity contribution in [2.24, 2.45) is 0 Å². The van der Waals surface area contributed by atoms with Crippen molar-refractivity contribution in [2.75, 3.05) is 6.54 Å². The molecule has 25 heavy (non-hydrogen) atoms. The summed E-state index contributed by atoms with van der Waals surface area (Å²) in [4.78, 5) is 26.6. The first-order chi connectivity index (χ1) is 12.1. The average molecular weight is 337 g/mol. The molecule has 1 aliphatic heterocycles. The highest BCUT2D eigenvalue weighted by Gasteiger charge is 2.30. The maximum Gasteiger partial charge on any atom is 0.245 e. The van der Waals surface area contributed by atoms with Gasteiger partial charge in [0.2, 0.25) is 11.8 Å². The molecule has 2 amide bonds. The van der Waals surface area contributed by atoms with Gasteiger partial charge in [-0.25, -0.2) is 0 Å². The molecule has 1 aromatic heterocycles. The van der Waals surface area contributed by atoms with Crippen molar-refractivity contribution in [1.29, 1.82) is 0 Å². The lowest BCUT2D eigenvalue weighted by molar-refractivity contribution is -0.138. The molecular formula is C20H23N3O2. The molecule has 1 aromatic carbocycles. The van der Waals surface area contributed by atoms with Gasteiger partial charge in [0, 0.05) is 31.1 Å². The topological polar surface area (TPSA) is 54.3 Å². The SMILES string of the molecule is C[C@H](NC(=O)/C=C\c1ccccc1)C(=O)N1CCn2cccc2[C@H]1C. The first-order valence-corrected chi connectivity index (χ1v) is 8.55. The molecule has 5 heteroatoms. The Balaban J connectivity index is 1.59. The highest BCUT2D eigenvalue weighted by molar-refractivity contribution is 5.95. The van der Waals surface area contributed by atoms with Crippen molar-refractivity contribution in [3.05, 3.63) is 66.0 Å². The van der Waals surface area contributed by atoms with Crippen LogP contribution in [-0.2, 0) is 16.1 Å². The zero-order valence-electron chi connectivity index (χ0n) is 14.6. The summed E-state index contributed by atoms with van der Waals surface area (Å²) in [5.74, 6) is -0.320. The maximum absolute atomic E-state index is 12.7. The van der Waals surface area contributed by atoms with E-state index in [-0.39, 0.29) is 17.9 Å². The van der Waals surface area contributed by atoms with E-state index in [1.165, 1.54) is 6.08 Å². The highest BCUT2D eigenvalue weighted by Crippen LogP contribution is 2.25. The van der Waals surface area contributed by atoms with Crippen LogP contribution in [-0.4, -0.2) is 33.9 Å². The monoisotopic (exact) mass is 337 g/mol. The lowest BCUT2D eigenvalue weighted by Crippen LogP contribution is -2.50. The number of nitrogens with one attached hydrogen (secondary N) is 1. The molecule has 0 radical (unpaired) electrons. The first-order valence-electron chi connectivity index (χ1n) is 8.55. The number of carbonyl (C=O) groups excluding carboxylic acids is 2. The highest BCUT2D eigenvalue weighted by atomic mass is 16.2. The van der Waals surface area contributed by atoms with Gasteiger partial charge in [0.1, 0.15) is 6.04 Å². The van der Waals surface area contributed by atoms with Gasteiger partial charge in [0.05, 0.1) is 6.04 Å². The molecule has 0 unspecified atom stereocenters. The van der Waals surface area contributed by atoms with E-state index < -0.39 is 6.04 Å². The van der Waals surface area contributed by atoms with Gasteiger partial charge in [-0.2, -0.15) is 0 Å². The van der Waals surface area contributed by atoms with E-state index in [0.717, 1.165) is 17.8 Å². The van der Waals surface area contributed by atoms with Crippen LogP contribution >= 0.6 is 0 Å². The molecule has 130 valence electrons. The summed E-state index contributed by atoms with van der Waals surface area (Å²) in [7, 11) is 0. The van der Waals surface area contributed by atoms with Gasteiger partial charge < -0.3 is 14.8 Å². The van der Waals surface area contributed by atoms with Crippen LogP contribution < -0.4 is 5.32 Å².